The van der Waals surface area contributed by atoms with Gasteiger partial charge in [-0.15, -0.1) is 0 Å². The lowest BCUT2D eigenvalue weighted by Gasteiger charge is -2.34. The number of anilines is 1. The number of para-hydroxylation sites is 1. The molecule has 1 fully saturated rings. The van der Waals surface area contributed by atoms with Gasteiger partial charge in [-0.05, 0) is 31.4 Å². The molecule has 24 heavy (non-hydrogen) atoms. The van der Waals surface area contributed by atoms with E-state index in [1.807, 2.05) is 11.0 Å². The van der Waals surface area contributed by atoms with Gasteiger partial charge in [0.1, 0.15) is 0 Å². The number of hydrogen-bond donors (Lipinski definition) is 1. The molecule has 1 aromatic heterocycles. The van der Waals surface area contributed by atoms with E-state index in [0.29, 0.717) is 0 Å². The Morgan fingerprint density at radius 2 is 2.17 bits per heavy atom. The quantitative estimate of drug-likeness (QED) is 0.853. The van der Waals surface area contributed by atoms with E-state index in [-0.39, 0.29) is 12.1 Å². The predicted molar refractivity (Wildman–Crippen MR) is 98.7 cm³/mol. The number of rotatable bonds is 2. The van der Waals surface area contributed by atoms with Crippen molar-refractivity contribution in [2.75, 3.05) is 31.1 Å². The number of carbonyl (C=O) groups excluding carboxylic acids is 1. The van der Waals surface area contributed by atoms with Crippen molar-refractivity contribution in [2.45, 2.75) is 25.3 Å². The maximum atomic E-state index is 12.4. The number of urea groups is 1. The second kappa shape index (κ2) is 6.81. The Balaban J connectivity index is 1.41. The highest BCUT2D eigenvalue weighted by atomic mass is 32.1. The minimum Gasteiger partial charge on any atom is -0.346 e. The number of benzene rings is 1. The van der Waals surface area contributed by atoms with Gasteiger partial charge in [0.2, 0.25) is 0 Å². The smallest absolute Gasteiger partial charge is 0.317 e. The first kappa shape index (κ1) is 15.4. The van der Waals surface area contributed by atoms with E-state index in [1.165, 1.54) is 4.70 Å². The van der Waals surface area contributed by atoms with Crippen molar-refractivity contribution in [3.05, 3.63) is 36.4 Å². The molecule has 1 saturated heterocycles. The first-order valence-electron chi connectivity index (χ1n) is 8.60. The van der Waals surface area contributed by atoms with Crippen LogP contribution in [0.25, 0.3) is 10.2 Å². The number of carbonyl (C=O) groups is 1. The lowest BCUT2D eigenvalue weighted by molar-refractivity contribution is 0.196. The van der Waals surface area contributed by atoms with Gasteiger partial charge in [0, 0.05) is 32.2 Å². The second-order valence-corrected chi connectivity index (χ2v) is 7.41. The number of nitrogens with one attached hydrogen (secondary N) is 1. The summed E-state index contributed by atoms with van der Waals surface area (Å²) in [6.07, 6.45) is 7.28. The molecule has 6 heteroatoms. The van der Waals surface area contributed by atoms with Gasteiger partial charge < -0.3 is 15.1 Å². The van der Waals surface area contributed by atoms with E-state index in [1.54, 1.807) is 11.3 Å². The van der Waals surface area contributed by atoms with Crippen LogP contribution in [0.5, 0.6) is 0 Å². The molecule has 3 heterocycles. The van der Waals surface area contributed by atoms with Crippen LogP contribution in [0.2, 0.25) is 0 Å². The third kappa shape index (κ3) is 3.24. The molecule has 0 aliphatic carbocycles. The van der Waals surface area contributed by atoms with E-state index in [0.717, 1.165) is 56.1 Å². The molecule has 2 aliphatic heterocycles. The van der Waals surface area contributed by atoms with Crippen molar-refractivity contribution in [2.24, 2.45) is 0 Å². The van der Waals surface area contributed by atoms with Crippen molar-refractivity contribution >= 4 is 32.7 Å². The van der Waals surface area contributed by atoms with E-state index in [2.05, 4.69) is 40.6 Å². The highest BCUT2D eigenvalue weighted by Gasteiger charge is 2.25. The number of nitrogens with zero attached hydrogens (tertiary/aromatic N) is 3. The molecule has 0 saturated carbocycles. The lowest BCUT2D eigenvalue weighted by Crippen LogP contribution is -2.52. The molecule has 1 aromatic carbocycles. The van der Waals surface area contributed by atoms with Gasteiger partial charge >= 0.3 is 6.03 Å². The summed E-state index contributed by atoms with van der Waals surface area (Å²) in [5.74, 6) is 0. The van der Waals surface area contributed by atoms with Crippen molar-refractivity contribution in [3.8, 4) is 0 Å². The second-order valence-electron chi connectivity index (χ2n) is 6.40. The number of fused-ring (bicyclic) bond motifs is 1. The zero-order chi connectivity index (χ0) is 16.4. The summed E-state index contributed by atoms with van der Waals surface area (Å²) in [5, 5.41) is 4.28. The zero-order valence-corrected chi connectivity index (χ0v) is 14.5. The Bertz CT molecular complexity index is 723. The summed E-state index contributed by atoms with van der Waals surface area (Å²) in [4.78, 5) is 21.4. The Morgan fingerprint density at radius 3 is 3.00 bits per heavy atom. The Hall–Kier alpha value is -2.08. The lowest BCUT2D eigenvalue weighted by atomic mass is 10.1. The zero-order valence-electron chi connectivity index (χ0n) is 13.6. The third-order valence-corrected chi connectivity index (χ3v) is 5.74. The van der Waals surface area contributed by atoms with Crippen LogP contribution < -0.4 is 10.2 Å². The molecule has 0 bridgehead atoms. The predicted octanol–water partition coefficient (Wildman–Crippen LogP) is 3.24. The summed E-state index contributed by atoms with van der Waals surface area (Å²) in [6, 6.07) is 8.51. The van der Waals surface area contributed by atoms with Crippen molar-refractivity contribution in [3.63, 3.8) is 0 Å². The average Bonchev–Trinajstić information content (AvgIpc) is 3.07. The minimum atomic E-state index is 0.0653. The number of piperidine rings is 1. The Kier molecular flexibility index (Phi) is 4.38. The summed E-state index contributed by atoms with van der Waals surface area (Å²) >= 11 is 1.74. The maximum absolute atomic E-state index is 12.4. The summed E-state index contributed by atoms with van der Waals surface area (Å²) in [6.45, 7) is 3.39. The summed E-state index contributed by atoms with van der Waals surface area (Å²) in [7, 11) is 0. The van der Waals surface area contributed by atoms with E-state index in [4.69, 9.17) is 4.98 Å². The molecule has 1 unspecified atom stereocenters. The van der Waals surface area contributed by atoms with E-state index >= 15 is 0 Å². The van der Waals surface area contributed by atoms with E-state index < -0.39 is 0 Å². The standard InChI is InChI=1S/C18H22N4OS/c23-17(21-10-4-1-5-11-21)19-14-7-6-12-22(13-14)18-20-15-8-2-3-9-16(15)24-18/h1-4,8-9,14H,5-7,10-13H2,(H,19,23). The molecule has 126 valence electrons. The topological polar surface area (TPSA) is 48.5 Å². The molecule has 5 nitrogen and oxygen atoms in total. The van der Waals surface area contributed by atoms with Gasteiger partial charge in [0.05, 0.1) is 10.2 Å². The molecule has 4 rings (SSSR count). The first-order chi connectivity index (χ1) is 11.8. The van der Waals surface area contributed by atoms with Crippen LogP contribution in [0.15, 0.2) is 36.4 Å². The molecule has 2 amide bonds. The van der Waals surface area contributed by atoms with Gasteiger partial charge in [-0.25, -0.2) is 9.78 Å². The van der Waals surface area contributed by atoms with Crippen LogP contribution in [0.1, 0.15) is 19.3 Å². The van der Waals surface area contributed by atoms with Crippen LogP contribution in [0.3, 0.4) is 0 Å². The third-order valence-electron chi connectivity index (χ3n) is 4.65. The fourth-order valence-corrected chi connectivity index (χ4v) is 4.36. The number of hydrogen-bond acceptors (Lipinski definition) is 4. The SMILES string of the molecule is O=C(NC1CCCN(c2nc3ccccc3s2)C1)N1CC=CCC1. The van der Waals surface area contributed by atoms with Crippen LogP contribution in [-0.2, 0) is 0 Å². The van der Waals surface area contributed by atoms with Gasteiger partial charge in [-0.1, -0.05) is 35.6 Å². The van der Waals surface area contributed by atoms with Gasteiger partial charge in [-0.2, -0.15) is 0 Å². The van der Waals surface area contributed by atoms with Crippen molar-refractivity contribution in [1.82, 2.24) is 15.2 Å². The monoisotopic (exact) mass is 342 g/mol. The number of aromatic nitrogens is 1. The molecule has 2 aromatic rings. The molecule has 1 atom stereocenters. The Morgan fingerprint density at radius 1 is 1.25 bits per heavy atom. The van der Waals surface area contributed by atoms with Crippen LogP contribution in [0, 0.1) is 0 Å². The maximum Gasteiger partial charge on any atom is 0.317 e. The Labute approximate surface area is 146 Å². The minimum absolute atomic E-state index is 0.0653. The van der Waals surface area contributed by atoms with Crippen molar-refractivity contribution in [1.29, 1.82) is 0 Å². The molecule has 1 N–H and O–H groups in total. The van der Waals surface area contributed by atoms with Crippen LogP contribution in [-0.4, -0.2) is 48.1 Å². The van der Waals surface area contributed by atoms with E-state index in [9.17, 15) is 4.79 Å². The molecule has 2 aliphatic rings. The largest absolute Gasteiger partial charge is 0.346 e. The van der Waals surface area contributed by atoms with Gasteiger partial charge in [0.15, 0.2) is 5.13 Å². The van der Waals surface area contributed by atoms with Crippen LogP contribution in [0.4, 0.5) is 9.93 Å². The first-order valence-corrected chi connectivity index (χ1v) is 9.42. The fourth-order valence-electron chi connectivity index (χ4n) is 3.36. The molecular formula is C18H22N4OS. The highest BCUT2D eigenvalue weighted by Crippen LogP contribution is 2.30. The van der Waals surface area contributed by atoms with Crippen LogP contribution >= 0.6 is 11.3 Å². The van der Waals surface area contributed by atoms with Gasteiger partial charge in [-0.3, -0.25) is 0 Å². The average molecular weight is 342 g/mol. The fraction of sp³-hybridized carbons (Fsp3) is 0.444. The molecular weight excluding hydrogens is 320 g/mol. The summed E-state index contributed by atoms with van der Waals surface area (Å²) < 4.78 is 1.22. The van der Waals surface area contributed by atoms with Crippen molar-refractivity contribution < 1.29 is 4.79 Å². The number of amides is 2. The number of thiazole rings is 1. The normalized spacial score (nSPS) is 21.2. The molecule has 0 spiro atoms. The van der Waals surface area contributed by atoms with Gasteiger partial charge in [0.25, 0.3) is 0 Å². The molecule has 0 radical (unpaired) electrons. The highest BCUT2D eigenvalue weighted by molar-refractivity contribution is 7.22. The summed E-state index contributed by atoms with van der Waals surface area (Å²) in [5.41, 5.74) is 1.06.